The van der Waals surface area contributed by atoms with Crippen molar-refractivity contribution in [1.29, 1.82) is 0 Å². The summed E-state index contributed by atoms with van der Waals surface area (Å²) in [6.07, 6.45) is -0.759. The number of hydrogen-bond donors (Lipinski definition) is 1. The summed E-state index contributed by atoms with van der Waals surface area (Å²) in [6.45, 7) is 3.70. The second-order valence-electron chi connectivity index (χ2n) is 3.36. The van der Waals surface area contributed by atoms with Gasteiger partial charge in [0.2, 0.25) is 0 Å². The van der Waals surface area contributed by atoms with Crippen LogP contribution in [0.4, 0.5) is 10.5 Å². The van der Waals surface area contributed by atoms with Gasteiger partial charge in [-0.25, -0.2) is 4.79 Å². The van der Waals surface area contributed by atoms with Crippen molar-refractivity contribution in [3.63, 3.8) is 0 Å². The lowest BCUT2D eigenvalue weighted by atomic mass is 10.2. The summed E-state index contributed by atoms with van der Waals surface area (Å²) < 4.78 is 4.96. The topological polar surface area (TPSA) is 38.3 Å². The molecule has 0 saturated heterocycles. The van der Waals surface area contributed by atoms with Gasteiger partial charge < -0.3 is 4.74 Å². The van der Waals surface area contributed by atoms with E-state index in [-0.39, 0.29) is 6.10 Å². The summed E-state index contributed by atoms with van der Waals surface area (Å²) in [7, 11) is 0. The number of benzene rings is 1. The van der Waals surface area contributed by atoms with Gasteiger partial charge in [-0.2, -0.15) is 0 Å². The third-order valence-electron chi connectivity index (χ3n) is 1.79. The van der Waals surface area contributed by atoms with Crippen molar-refractivity contribution < 1.29 is 9.53 Å². The highest BCUT2D eigenvalue weighted by Gasteiger charge is 2.07. The van der Waals surface area contributed by atoms with Crippen LogP contribution in [0.25, 0.3) is 0 Å². The van der Waals surface area contributed by atoms with Gasteiger partial charge in [0.1, 0.15) is 6.10 Å². The van der Waals surface area contributed by atoms with Crippen molar-refractivity contribution in [3.8, 4) is 0 Å². The van der Waals surface area contributed by atoms with Crippen LogP contribution in [-0.4, -0.2) is 18.1 Å². The molecule has 1 aromatic rings. The number of nitrogens with one attached hydrogen (secondary N) is 1. The molecule has 1 rings (SSSR count). The molecule has 1 amide bonds. The average Bonchev–Trinajstić information content (AvgIpc) is 2.17. The molecule has 4 heteroatoms. The highest BCUT2D eigenvalue weighted by atomic mass is 35.5. The van der Waals surface area contributed by atoms with Crippen molar-refractivity contribution in [2.75, 3.05) is 11.2 Å². The maximum absolute atomic E-state index is 11.3. The van der Waals surface area contributed by atoms with E-state index in [9.17, 15) is 4.79 Å². The molecule has 0 aliphatic heterocycles. The molecule has 82 valence electrons. The van der Waals surface area contributed by atoms with Crippen LogP contribution in [0.5, 0.6) is 0 Å². The van der Waals surface area contributed by atoms with E-state index in [0.29, 0.717) is 5.88 Å². The quantitative estimate of drug-likeness (QED) is 0.806. The van der Waals surface area contributed by atoms with Crippen molar-refractivity contribution in [1.82, 2.24) is 0 Å². The van der Waals surface area contributed by atoms with E-state index >= 15 is 0 Å². The first-order valence-corrected chi connectivity index (χ1v) is 5.25. The summed E-state index contributed by atoms with van der Waals surface area (Å²) in [6, 6.07) is 7.50. The highest BCUT2D eigenvalue weighted by molar-refractivity contribution is 6.18. The largest absolute Gasteiger partial charge is 0.445 e. The van der Waals surface area contributed by atoms with Crippen LogP contribution in [0.1, 0.15) is 12.5 Å². The standard InChI is InChI=1S/C11H14ClNO2/c1-8-4-3-5-10(6-8)13-11(14)15-9(2)7-12/h3-6,9H,7H2,1-2H3,(H,13,14). The first-order valence-electron chi connectivity index (χ1n) is 4.72. The predicted octanol–water partition coefficient (Wildman–Crippen LogP) is 3.17. The molecule has 1 aromatic carbocycles. The Bertz CT molecular complexity index is 341. The molecular formula is C11H14ClNO2. The normalized spacial score (nSPS) is 11.9. The fourth-order valence-electron chi connectivity index (χ4n) is 1.08. The third-order valence-corrected chi connectivity index (χ3v) is 2.22. The summed E-state index contributed by atoms with van der Waals surface area (Å²) in [5, 5.41) is 2.63. The summed E-state index contributed by atoms with van der Waals surface area (Å²) in [4.78, 5) is 11.3. The molecule has 1 atom stereocenters. The number of ether oxygens (including phenoxy) is 1. The van der Waals surface area contributed by atoms with Crippen LogP contribution in [0.15, 0.2) is 24.3 Å². The van der Waals surface area contributed by atoms with Crippen molar-refractivity contribution in [2.45, 2.75) is 20.0 Å². The monoisotopic (exact) mass is 227 g/mol. The van der Waals surface area contributed by atoms with Gasteiger partial charge in [-0.1, -0.05) is 12.1 Å². The number of alkyl halides is 1. The summed E-state index contributed by atoms with van der Waals surface area (Å²) >= 11 is 5.52. The molecule has 1 N–H and O–H groups in total. The van der Waals surface area contributed by atoms with Gasteiger partial charge in [0.25, 0.3) is 0 Å². The summed E-state index contributed by atoms with van der Waals surface area (Å²) in [5.41, 5.74) is 1.81. The van der Waals surface area contributed by atoms with Gasteiger partial charge >= 0.3 is 6.09 Å². The lowest BCUT2D eigenvalue weighted by molar-refractivity contribution is 0.131. The number of amides is 1. The minimum absolute atomic E-state index is 0.281. The van der Waals surface area contributed by atoms with Gasteiger partial charge in [-0.15, -0.1) is 11.6 Å². The molecule has 0 aliphatic rings. The zero-order chi connectivity index (χ0) is 11.3. The van der Waals surface area contributed by atoms with E-state index in [4.69, 9.17) is 16.3 Å². The van der Waals surface area contributed by atoms with Crippen LogP contribution >= 0.6 is 11.6 Å². The molecule has 15 heavy (non-hydrogen) atoms. The Morgan fingerprint density at radius 2 is 2.33 bits per heavy atom. The average molecular weight is 228 g/mol. The Morgan fingerprint density at radius 3 is 2.93 bits per heavy atom. The molecule has 0 bridgehead atoms. The van der Waals surface area contributed by atoms with Crippen LogP contribution in [0.3, 0.4) is 0 Å². The van der Waals surface area contributed by atoms with Crippen LogP contribution in [-0.2, 0) is 4.74 Å². The fourth-order valence-corrected chi connectivity index (χ4v) is 1.15. The lowest BCUT2D eigenvalue weighted by Crippen LogP contribution is -2.21. The smallest absolute Gasteiger partial charge is 0.411 e. The Balaban J connectivity index is 2.51. The molecule has 0 spiro atoms. The highest BCUT2D eigenvalue weighted by Crippen LogP contribution is 2.10. The molecule has 0 fully saturated rings. The van der Waals surface area contributed by atoms with E-state index in [1.165, 1.54) is 0 Å². The zero-order valence-corrected chi connectivity index (χ0v) is 9.54. The van der Waals surface area contributed by atoms with Gasteiger partial charge in [0.15, 0.2) is 0 Å². The molecule has 0 aliphatic carbocycles. The first-order chi connectivity index (χ1) is 7.11. The first kappa shape index (κ1) is 11.9. The number of anilines is 1. The number of carbonyl (C=O) groups excluding carboxylic acids is 1. The maximum atomic E-state index is 11.3. The second kappa shape index (κ2) is 5.61. The number of halogens is 1. The number of carbonyl (C=O) groups is 1. The van der Waals surface area contributed by atoms with Gasteiger partial charge in [-0.05, 0) is 31.5 Å². The Labute approximate surface area is 94.4 Å². The summed E-state index contributed by atoms with van der Waals surface area (Å²) in [5.74, 6) is 0.293. The molecule has 0 heterocycles. The molecule has 0 saturated carbocycles. The Kier molecular flexibility index (Phi) is 4.43. The minimum Gasteiger partial charge on any atom is -0.445 e. The van der Waals surface area contributed by atoms with Crippen LogP contribution in [0.2, 0.25) is 0 Å². The van der Waals surface area contributed by atoms with E-state index in [1.54, 1.807) is 13.0 Å². The lowest BCUT2D eigenvalue weighted by Gasteiger charge is -2.11. The predicted molar refractivity (Wildman–Crippen MR) is 61.5 cm³/mol. The SMILES string of the molecule is Cc1cccc(NC(=O)OC(C)CCl)c1. The Hall–Kier alpha value is -1.22. The van der Waals surface area contributed by atoms with Gasteiger partial charge in [0.05, 0.1) is 5.88 Å². The zero-order valence-electron chi connectivity index (χ0n) is 8.79. The van der Waals surface area contributed by atoms with Crippen molar-refractivity contribution >= 4 is 23.4 Å². The fraction of sp³-hybridized carbons (Fsp3) is 0.364. The second-order valence-corrected chi connectivity index (χ2v) is 3.67. The molecule has 0 radical (unpaired) electrons. The van der Waals surface area contributed by atoms with Crippen LogP contribution in [0, 0.1) is 6.92 Å². The van der Waals surface area contributed by atoms with Crippen molar-refractivity contribution in [2.24, 2.45) is 0 Å². The van der Waals surface area contributed by atoms with Crippen molar-refractivity contribution in [3.05, 3.63) is 29.8 Å². The maximum Gasteiger partial charge on any atom is 0.411 e. The van der Waals surface area contributed by atoms with Crippen LogP contribution < -0.4 is 5.32 Å². The van der Waals surface area contributed by atoms with E-state index in [1.807, 2.05) is 25.1 Å². The van der Waals surface area contributed by atoms with Gasteiger partial charge in [-0.3, -0.25) is 5.32 Å². The minimum atomic E-state index is -0.478. The number of rotatable bonds is 3. The van der Waals surface area contributed by atoms with E-state index in [2.05, 4.69) is 5.32 Å². The van der Waals surface area contributed by atoms with E-state index < -0.39 is 6.09 Å². The molecule has 3 nitrogen and oxygen atoms in total. The number of aryl methyl sites for hydroxylation is 1. The Morgan fingerprint density at radius 1 is 1.60 bits per heavy atom. The molecule has 0 aromatic heterocycles. The molecule has 1 unspecified atom stereocenters. The van der Waals surface area contributed by atoms with Gasteiger partial charge in [0, 0.05) is 5.69 Å². The third kappa shape index (κ3) is 4.21. The van der Waals surface area contributed by atoms with E-state index in [0.717, 1.165) is 11.3 Å². The molecular weight excluding hydrogens is 214 g/mol. The number of hydrogen-bond acceptors (Lipinski definition) is 2.